The topological polar surface area (TPSA) is 35.2 Å². The molecule has 2 saturated carbocycles. The molecule has 2 aliphatic carbocycles. The van der Waals surface area contributed by atoms with Gasteiger partial charge in [-0.1, -0.05) is 12.8 Å². The van der Waals surface area contributed by atoms with Gasteiger partial charge in [-0.2, -0.15) is 0 Å². The highest BCUT2D eigenvalue weighted by Gasteiger charge is 2.63. The van der Waals surface area contributed by atoms with Gasteiger partial charge in [0.1, 0.15) is 0 Å². The minimum Gasteiger partial charge on any atom is -0.379 e. The van der Waals surface area contributed by atoms with E-state index in [1.165, 1.54) is 25.7 Å². The average Bonchev–Trinajstić information content (AvgIpc) is 2.31. The monoisotopic (exact) mass is 141 g/mol. The fraction of sp³-hybridized carbons (Fsp3) is 1.00. The van der Waals surface area contributed by atoms with Gasteiger partial charge in [-0.25, -0.2) is 0 Å². The van der Waals surface area contributed by atoms with Crippen molar-refractivity contribution in [3.05, 3.63) is 0 Å². The van der Waals surface area contributed by atoms with Gasteiger partial charge >= 0.3 is 0 Å². The number of ether oxygens (including phenoxy) is 1. The third kappa shape index (κ3) is 0.611. The van der Waals surface area contributed by atoms with E-state index in [2.05, 4.69) is 0 Å². The zero-order valence-electron chi connectivity index (χ0n) is 6.47. The molecule has 2 atom stereocenters. The average molecular weight is 141 g/mol. The molecule has 2 fully saturated rings. The minimum absolute atomic E-state index is 0.347. The summed E-state index contributed by atoms with van der Waals surface area (Å²) in [6.45, 7) is 0. The third-order valence-corrected chi connectivity index (χ3v) is 3.24. The minimum atomic E-state index is 0.347. The first-order valence-electron chi connectivity index (χ1n) is 4.10. The predicted octanol–water partition coefficient (Wildman–Crippen LogP) is 0.903. The van der Waals surface area contributed by atoms with Gasteiger partial charge in [0.2, 0.25) is 0 Å². The molecule has 0 radical (unpaired) electrons. The lowest BCUT2D eigenvalue weighted by Crippen LogP contribution is -2.09. The SMILES string of the molecule is CO[C@@H]1[C@@H](N)C12CCCC2. The van der Waals surface area contributed by atoms with Crippen LogP contribution in [0.5, 0.6) is 0 Å². The quantitative estimate of drug-likeness (QED) is 0.589. The van der Waals surface area contributed by atoms with Crippen molar-refractivity contribution in [3.63, 3.8) is 0 Å². The van der Waals surface area contributed by atoms with Gasteiger partial charge in [0, 0.05) is 18.6 Å². The number of nitrogens with two attached hydrogens (primary N) is 1. The molecule has 2 rings (SSSR count). The lowest BCUT2D eigenvalue weighted by molar-refractivity contribution is 0.143. The molecule has 58 valence electrons. The first-order chi connectivity index (χ1) is 4.81. The lowest BCUT2D eigenvalue weighted by atomic mass is 10.1. The van der Waals surface area contributed by atoms with Crippen molar-refractivity contribution in [1.29, 1.82) is 0 Å². The van der Waals surface area contributed by atoms with Crippen LogP contribution in [-0.4, -0.2) is 19.3 Å². The molecule has 0 aliphatic heterocycles. The summed E-state index contributed by atoms with van der Waals surface area (Å²) in [5.41, 5.74) is 6.32. The zero-order chi connectivity index (χ0) is 7.19. The third-order valence-electron chi connectivity index (χ3n) is 3.24. The molecule has 1 spiro atoms. The second-order valence-electron chi connectivity index (χ2n) is 3.62. The molecule has 2 aliphatic rings. The van der Waals surface area contributed by atoms with Gasteiger partial charge in [0.25, 0.3) is 0 Å². The van der Waals surface area contributed by atoms with Crippen LogP contribution >= 0.6 is 0 Å². The van der Waals surface area contributed by atoms with E-state index in [-0.39, 0.29) is 0 Å². The fourth-order valence-corrected chi connectivity index (χ4v) is 2.52. The van der Waals surface area contributed by atoms with Gasteiger partial charge in [0.05, 0.1) is 6.10 Å². The molecular formula is C8H15NO. The Labute approximate surface area is 61.7 Å². The molecule has 0 bridgehead atoms. The second-order valence-corrected chi connectivity index (χ2v) is 3.62. The van der Waals surface area contributed by atoms with Crippen molar-refractivity contribution in [1.82, 2.24) is 0 Å². The maximum Gasteiger partial charge on any atom is 0.0800 e. The van der Waals surface area contributed by atoms with Crippen molar-refractivity contribution in [2.45, 2.75) is 37.8 Å². The maximum atomic E-state index is 5.89. The van der Waals surface area contributed by atoms with Crippen LogP contribution in [0, 0.1) is 5.41 Å². The van der Waals surface area contributed by atoms with Crippen molar-refractivity contribution >= 4 is 0 Å². The van der Waals surface area contributed by atoms with Gasteiger partial charge < -0.3 is 10.5 Å². The van der Waals surface area contributed by atoms with Gasteiger partial charge in [-0.3, -0.25) is 0 Å². The Morgan fingerprint density at radius 2 is 2.00 bits per heavy atom. The number of hydrogen-bond acceptors (Lipinski definition) is 2. The molecule has 2 nitrogen and oxygen atoms in total. The standard InChI is InChI=1S/C8H15NO/c1-10-7-6(9)8(7)4-2-3-5-8/h6-7H,2-5,9H2,1H3/t6-,7-/m1/s1. The van der Waals surface area contributed by atoms with E-state index in [4.69, 9.17) is 10.5 Å². The van der Waals surface area contributed by atoms with E-state index in [1.54, 1.807) is 7.11 Å². The van der Waals surface area contributed by atoms with Crippen LogP contribution in [0.15, 0.2) is 0 Å². The highest BCUT2D eigenvalue weighted by Crippen LogP contribution is 2.58. The summed E-state index contributed by atoms with van der Waals surface area (Å²) in [6.07, 6.45) is 5.69. The summed E-state index contributed by atoms with van der Waals surface area (Å²) >= 11 is 0. The summed E-state index contributed by atoms with van der Waals surface area (Å²) in [7, 11) is 1.78. The Balaban J connectivity index is 2.05. The van der Waals surface area contributed by atoms with Gasteiger partial charge in [0.15, 0.2) is 0 Å². The molecule has 2 N–H and O–H groups in total. The van der Waals surface area contributed by atoms with Crippen LogP contribution in [0.2, 0.25) is 0 Å². The predicted molar refractivity (Wildman–Crippen MR) is 39.7 cm³/mol. The van der Waals surface area contributed by atoms with Crippen LogP contribution in [0.25, 0.3) is 0 Å². The Kier molecular flexibility index (Phi) is 1.29. The smallest absolute Gasteiger partial charge is 0.0800 e. The van der Waals surface area contributed by atoms with E-state index in [1.807, 2.05) is 0 Å². The number of rotatable bonds is 1. The molecule has 0 heterocycles. The van der Waals surface area contributed by atoms with E-state index in [0.29, 0.717) is 17.6 Å². The Morgan fingerprint density at radius 3 is 2.40 bits per heavy atom. The van der Waals surface area contributed by atoms with Crippen LogP contribution in [0.1, 0.15) is 25.7 Å². The molecule has 2 heteroatoms. The molecule has 10 heavy (non-hydrogen) atoms. The highest BCUT2D eigenvalue weighted by atomic mass is 16.5. The largest absolute Gasteiger partial charge is 0.379 e. The van der Waals surface area contributed by atoms with Crippen molar-refractivity contribution in [2.24, 2.45) is 11.1 Å². The number of methoxy groups -OCH3 is 1. The van der Waals surface area contributed by atoms with Crippen molar-refractivity contribution in [2.75, 3.05) is 7.11 Å². The molecule has 0 saturated heterocycles. The van der Waals surface area contributed by atoms with Crippen molar-refractivity contribution in [3.8, 4) is 0 Å². The van der Waals surface area contributed by atoms with E-state index < -0.39 is 0 Å². The summed E-state index contributed by atoms with van der Waals surface area (Å²) in [4.78, 5) is 0. The molecule has 0 aromatic heterocycles. The molecular weight excluding hydrogens is 126 g/mol. The van der Waals surface area contributed by atoms with Crippen molar-refractivity contribution < 1.29 is 4.74 Å². The Bertz CT molecular complexity index is 140. The lowest BCUT2D eigenvalue weighted by Gasteiger charge is -2.04. The molecule has 0 unspecified atom stereocenters. The van der Waals surface area contributed by atoms with Crippen LogP contribution in [0.4, 0.5) is 0 Å². The zero-order valence-corrected chi connectivity index (χ0v) is 6.47. The summed E-state index contributed by atoms with van der Waals surface area (Å²) < 4.78 is 5.29. The molecule has 0 aromatic rings. The highest BCUT2D eigenvalue weighted by molar-refractivity contribution is 5.17. The second kappa shape index (κ2) is 1.95. The van der Waals surface area contributed by atoms with Crippen LogP contribution in [-0.2, 0) is 4.74 Å². The molecule has 0 aromatic carbocycles. The number of hydrogen-bond donors (Lipinski definition) is 1. The van der Waals surface area contributed by atoms with Gasteiger partial charge in [-0.15, -0.1) is 0 Å². The Hall–Kier alpha value is -0.0800. The van der Waals surface area contributed by atoms with Gasteiger partial charge in [-0.05, 0) is 12.8 Å². The summed E-state index contributed by atoms with van der Waals surface area (Å²) in [6, 6.07) is 0.347. The molecule has 0 amide bonds. The van der Waals surface area contributed by atoms with Crippen LogP contribution in [0.3, 0.4) is 0 Å². The Morgan fingerprint density at radius 1 is 1.40 bits per heavy atom. The van der Waals surface area contributed by atoms with E-state index >= 15 is 0 Å². The normalized spacial score (nSPS) is 42.6. The van der Waals surface area contributed by atoms with E-state index in [0.717, 1.165) is 0 Å². The fourth-order valence-electron chi connectivity index (χ4n) is 2.52. The van der Waals surface area contributed by atoms with E-state index in [9.17, 15) is 0 Å². The first kappa shape index (κ1) is 6.62. The first-order valence-corrected chi connectivity index (χ1v) is 4.10. The van der Waals surface area contributed by atoms with Crippen LogP contribution < -0.4 is 5.73 Å². The summed E-state index contributed by atoms with van der Waals surface area (Å²) in [5, 5.41) is 0. The maximum absolute atomic E-state index is 5.89. The summed E-state index contributed by atoms with van der Waals surface area (Å²) in [5.74, 6) is 0.